The monoisotopic (exact) mass is 313 g/mol. The van der Waals surface area contributed by atoms with E-state index in [1.165, 1.54) is 0 Å². The highest BCUT2D eigenvalue weighted by atomic mass is 16.5. The van der Waals surface area contributed by atoms with Gasteiger partial charge in [-0.2, -0.15) is 0 Å². The molecular formula is C17H19N3O3. The molecule has 0 unspecified atom stereocenters. The normalized spacial score (nSPS) is 14.7. The standard InChI is InChI=1S/C17H19N3O3/c1-13-9-15(19-23-13)11-22-12-17(21)20-8-4-5-14(10-20)16-6-2-3-7-18-16/h2-3,5-7,9H,4,8,10-12H2,1H3. The van der Waals surface area contributed by atoms with Crippen molar-refractivity contribution in [3.63, 3.8) is 0 Å². The molecule has 0 aliphatic carbocycles. The van der Waals surface area contributed by atoms with Crippen molar-refractivity contribution in [1.82, 2.24) is 15.0 Å². The van der Waals surface area contributed by atoms with Gasteiger partial charge >= 0.3 is 0 Å². The summed E-state index contributed by atoms with van der Waals surface area (Å²) in [4.78, 5) is 18.4. The van der Waals surface area contributed by atoms with Crippen LogP contribution in [0.25, 0.3) is 5.57 Å². The minimum absolute atomic E-state index is 0.0215. The quantitative estimate of drug-likeness (QED) is 0.846. The highest BCUT2D eigenvalue weighted by Crippen LogP contribution is 2.18. The van der Waals surface area contributed by atoms with E-state index >= 15 is 0 Å². The Hall–Kier alpha value is -2.47. The molecule has 0 aromatic carbocycles. The van der Waals surface area contributed by atoms with Crippen molar-refractivity contribution in [1.29, 1.82) is 0 Å². The zero-order valence-electron chi connectivity index (χ0n) is 13.1. The van der Waals surface area contributed by atoms with Gasteiger partial charge in [0, 0.05) is 25.4 Å². The predicted molar refractivity (Wildman–Crippen MR) is 84.3 cm³/mol. The van der Waals surface area contributed by atoms with E-state index in [4.69, 9.17) is 9.26 Å². The molecule has 1 amide bonds. The average Bonchev–Trinajstić information content (AvgIpc) is 3.01. The summed E-state index contributed by atoms with van der Waals surface area (Å²) in [6.45, 7) is 3.42. The van der Waals surface area contributed by atoms with Gasteiger partial charge in [0.05, 0.1) is 12.3 Å². The Morgan fingerprint density at radius 3 is 3.09 bits per heavy atom. The molecule has 1 aliphatic rings. The smallest absolute Gasteiger partial charge is 0.248 e. The predicted octanol–water partition coefficient (Wildman–Crippen LogP) is 2.21. The van der Waals surface area contributed by atoms with Crippen LogP contribution >= 0.6 is 0 Å². The molecule has 0 N–H and O–H groups in total. The molecule has 0 atom stereocenters. The molecule has 3 heterocycles. The number of carbonyl (C=O) groups is 1. The molecule has 1 aliphatic heterocycles. The van der Waals surface area contributed by atoms with Crippen LogP contribution in [-0.4, -0.2) is 40.6 Å². The largest absolute Gasteiger partial charge is 0.365 e. The van der Waals surface area contributed by atoms with Crippen molar-refractivity contribution < 1.29 is 14.1 Å². The minimum atomic E-state index is -0.0215. The molecule has 0 spiro atoms. The Kier molecular flexibility index (Phi) is 4.83. The molecule has 0 saturated carbocycles. The number of ether oxygens (including phenoxy) is 1. The lowest BCUT2D eigenvalue weighted by molar-refractivity contribution is -0.136. The van der Waals surface area contributed by atoms with Crippen LogP contribution in [0.2, 0.25) is 0 Å². The number of nitrogens with zero attached hydrogens (tertiary/aromatic N) is 3. The first kappa shape index (κ1) is 15.4. The third-order valence-corrected chi connectivity index (χ3v) is 3.65. The molecule has 120 valence electrons. The van der Waals surface area contributed by atoms with E-state index in [-0.39, 0.29) is 19.1 Å². The summed E-state index contributed by atoms with van der Waals surface area (Å²) >= 11 is 0. The number of hydrogen-bond acceptors (Lipinski definition) is 5. The van der Waals surface area contributed by atoms with Crippen LogP contribution < -0.4 is 0 Å². The minimum Gasteiger partial charge on any atom is -0.365 e. The molecule has 0 fully saturated rings. The van der Waals surface area contributed by atoms with Gasteiger partial charge in [0.15, 0.2) is 0 Å². The van der Waals surface area contributed by atoms with Gasteiger partial charge in [0.2, 0.25) is 5.91 Å². The maximum atomic E-state index is 12.3. The Balaban J connectivity index is 1.51. The lowest BCUT2D eigenvalue weighted by Crippen LogP contribution is -2.37. The maximum absolute atomic E-state index is 12.3. The van der Waals surface area contributed by atoms with Crippen LogP contribution in [0.5, 0.6) is 0 Å². The lowest BCUT2D eigenvalue weighted by atomic mass is 10.1. The number of aromatic nitrogens is 2. The summed E-state index contributed by atoms with van der Waals surface area (Å²) in [5.41, 5.74) is 2.70. The van der Waals surface area contributed by atoms with E-state index in [0.29, 0.717) is 18.8 Å². The molecular weight excluding hydrogens is 294 g/mol. The first-order chi connectivity index (χ1) is 11.2. The summed E-state index contributed by atoms with van der Waals surface area (Å²) in [6, 6.07) is 7.60. The summed E-state index contributed by atoms with van der Waals surface area (Å²) in [6.07, 6.45) is 4.74. The Morgan fingerprint density at radius 2 is 2.35 bits per heavy atom. The zero-order chi connectivity index (χ0) is 16.1. The van der Waals surface area contributed by atoms with Gasteiger partial charge in [-0.1, -0.05) is 17.3 Å². The van der Waals surface area contributed by atoms with E-state index in [1.54, 1.807) is 17.2 Å². The maximum Gasteiger partial charge on any atom is 0.248 e. The first-order valence-electron chi connectivity index (χ1n) is 7.60. The fourth-order valence-electron chi connectivity index (χ4n) is 2.52. The zero-order valence-corrected chi connectivity index (χ0v) is 13.1. The van der Waals surface area contributed by atoms with Gasteiger partial charge in [-0.3, -0.25) is 9.78 Å². The molecule has 0 radical (unpaired) electrons. The second-order valence-electron chi connectivity index (χ2n) is 5.47. The number of rotatable bonds is 5. The van der Waals surface area contributed by atoms with Gasteiger partial charge < -0.3 is 14.2 Å². The lowest BCUT2D eigenvalue weighted by Gasteiger charge is -2.27. The summed E-state index contributed by atoms with van der Waals surface area (Å²) in [5.74, 6) is 0.711. The fraction of sp³-hybridized carbons (Fsp3) is 0.353. The van der Waals surface area contributed by atoms with Gasteiger partial charge in [-0.15, -0.1) is 0 Å². The molecule has 0 saturated heterocycles. The van der Waals surface area contributed by atoms with E-state index in [9.17, 15) is 4.79 Å². The Labute approximate surface area is 134 Å². The number of carbonyl (C=O) groups excluding carboxylic acids is 1. The van der Waals surface area contributed by atoms with Gasteiger partial charge in [0.25, 0.3) is 0 Å². The van der Waals surface area contributed by atoms with E-state index in [1.807, 2.05) is 25.1 Å². The molecule has 0 bridgehead atoms. The van der Waals surface area contributed by atoms with Crippen molar-refractivity contribution in [2.45, 2.75) is 20.0 Å². The highest BCUT2D eigenvalue weighted by molar-refractivity contribution is 5.80. The molecule has 3 rings (SSSR count). The molecule has 2 aromatic rings. The van der Waals surface area contributed by atoms with Crippen molar-refractivity contribution >= 4 is 11.5 Å². The van der Waals surface area contributed by atoms with Gasteiger partial charge in [-0.05, 0) is 31.1 Å². The Bertz CT molecular complexity index is 694. The number of hydrogen-bond donors (Lipinski definition) is 0. The van der Waals surface area contributed by atoms with Crippen LogP contribution in [0.3, 0.4) is 0 Å². The number of aryl methyl sites for hydroxylation is 1. The number of pyridine rings is 1. The van der Waals surface area contributed by atoms with E-state index in [0.717, 1.165) is 23.4 Å². The van der Waals surface area contributed by atoms with Gasteiger partial charge in [-0.25, -0.2) is 0 Å². The summed E-state index contributed by atoms with van der Waals surface area (Å²) in [7, 11) is 0. The van der Waals surface area contributed by atoms with Crippen LogP contribution in [0.1, 0.15) is 23.6 Å². The Morgan fingerprint density at radius 1 is 1.43 bits per heavy atom. The molecule has 6 nitrogen and oxygen atoms in total. The fourth-order valence-corrected chi connectivity index (χ4v) is 2.52. The molecule has 6 heteroatoms. The highest BCUT2D eigenvalue weighted by Gasteiger charge is 2.19. The summed E-state index contributed by atoms with van der Waals surface area (Å²) in [5, 5.41) is 3.83. The third kappa shape index (κ3) is 4.04. The average molecular weight is 313 g/mol. The van der Waals surface area contributed by atoms with Crippen molar-refractivity contribution in [3.8, 4) is 0 Å². The first-order valence-corrected chi connectivity index (χ1v) is 7.60. The third-order valence-electron chi connectivity index (χ3n) is 3.65. The van der Waals surface area contributed by atoms with Crippen molar-refractivity contribution in [2.24, 2.45) is 0 Å². The van der Waals surface area contributed by atoms with E-state index < -0.39 is 0 Å². The second kappa shape index (κ2) is 7.19. The SMILES string of the molecule is Cc1cc(COCC(=O)N2CCC=C(c3ccccn3)C2)no1. The molecule has 2 aromatic heterocycles. The van der Waals surface area contributed by atoms with Gasteiger partial charge in [0.1, 0.15) is 18.1 Å². The van der Waals surface area contributed by atoms with Crippen LogP contribution in [-0.2, 0) is 16.1 Å². The van der Waals surface area contributed by atoms with Crippen LogP contribution in [0.4, 0.5) is 0 Å². The van der Waals surface area contributed by atoms with Crippen LogP contribution in [0, 0.1) is 6.92 Å². The van der Waals surface area contributed by atoms with Crippen molar-refractivity contribution in [2.75, 3.05) is 19.7 Å². The second-order valence-corrected chi connectivity index (χ2v) is 5.47. The van der Waals surface area contributed by atoms with Crippen molar-refractivity contribution in [3.05, 3.63) is 53.7 Å². The molecule has 23 heavy (non-hydrogen) atoms. The topological polar surface area (TPSA) is 68.5 Å². The summed E-state index contributed by atoms with van der Waals surface area (Å²) < 4.78 is 10.4. The number of amides is 1. The van der Waals surface area contributed by atoms with Crippen LogP contribution in [0.15, 0.2) is 41.1 Å². The van der Waals surface area contributed by atoms with E-state index in [2.05, 4.69) is 16.2 Å².